The maximum Gasteiger partial charge on any atom is 0.187 e. The molecule has 0 aromatic heterocycles. The highest BCUT2D eigenvalue weighted by molar-refractivity contribution is 5.01. The first-order valence-corrected chi connectivity index (χ1v) is 14.4. The summed E-state index contributed by atoms with van der Waals surface area (Å²) in [6.45, 7) is 1.00. The van der Waals surface area contributed by atoms with Gasteiger partial charge in [-0.2, -0.15) is 0 Å². The van der Waals surface area contributed by atoms with Crippen molar-refractivity contribution < 1.29 is 54.0 Å². The Bertz CT molecular complexity index is 951. The molecule has 19 nitrogen and oxygen atoms in total. The number of nitrogens with two attached hydrogens (primary N) is 5. The van der Waals surface area contributed by atoms with Crippen molar-refractivity contribution in [1.82, 2.24) is 0 Å². The number of azide groups is 1. The third kappa shape index (κ3) is 7.40. The van der Waals surface area contributed by atoms with Gasteiger partial charge in [0.25, 0.3) is 0 Å². The Morgan fingerprint density at radius 1 is 0.837 bits per heavy atom. The van der Waals surface area contributed by atoms with Gasteiger partial charge in [-0.1, -0.05) is 5.11 Å². The van der Waals surface area contributed by atoms with E-state index in [2.05, 4.69) is 10.0 Å². The second kappa shape index (κ2) is 14.8. The molecule has 3 heterocycles. The molecule has 3 aliphatic heterocycles. The predicted octanol–water partition coefficient (Wildman–Crippen LogP) is -5.10. The molecule has 4 rings (SSSR count). The highest BCUT2D eigenvalue weighted by Crippen LogP contribution is 2.35. The monoisotopic (exact) mass is 622 g/mol. The Kier molecular flexibility index (Phi) is 11.9. The Morgan fingerprint density at radius 3 is 2.12 bits per heavy atom. The lowest BCUT2D eigenvalue weighted by atomic mass is 9.84. The first kappa shape index (κ1) is 34.5. The minimum atomic E-state index is -1.57. The summed E-state index contributed by atoms with van der Waals surface area (Å²) in [4.78, 5) is 2.88. The number of nitrogens with zero attached hydrogens (tertiary/aromatic N) is 3. The van der Waals surface area contributed by atoms with Crippen LogP contribution in [0, 0.1) is 0 Å². The molecule has 0 spiro atoms. The van der Waals surface area contributed by atoms with E-state index < -0.39 is 111 Å². The van der Waals surface area contributed by atoms with Crippen molar-refractivity contribution in [3.63, 3.8) is 0 Å². The molecule has 0 amide bonds. The van der Waals surface area contributed by atoms with Crippen LogP contribution in [0.25, 0.3) is 10.4 Å². The van der Waals surface area contributed by atoms with Gasteiger partial charge in [0, 0.05) is 29.6 Å². The van der Waals surface area contributed by atoms with E-state index in [9.17, 15) is 25.5 Å². The maximum atomic E-state index is 11.2. The van der Waals surface area contributed by atoms with Crippen LogP contribution >= 0.6 is 0 Å². The van der Waals surface area contributed by atoms with Crippen molar-refractivity contribution in [2.45, 2.75) is 136 Å². The number of hydrogen-bond donors (Lipinski definition) is 10. The van der Waals surface area contributed by atoms with Gasteiger partial charge < -0.3 is 82.6 Å². The van der Waals surface area contributed by atoms with Gasteiger partial charge in [0.1, 0.15) is 48.8 Å². The van der Waals surface area contributed by atoms with Crippen LogP contribution in [0.3, 0.4) is 0 Å². The minimum absolute atomic E-state index is 0.147. The Balaban J connectivity index is 1.51. The molecule has 0 unspecified atom stereocenters. The second-order valence-electron chi connectivity index (χ2n) is 11.7. The fourth-order valence-electron chi connectivity index (χ4n) is 5.96. The summed E-state index contributed by atoms with van der Waals surface area (Å²) in [6.07, 6.45) is -14.6. The molecule has 3 saturated heterocycles. The average molecular weight is 623 g/mol. The van der Waals surface area contributed by atoms with E-state index in [0.29, 0.717) is 12.8 Å². The van der Waals surface area contributed by atoms with E-state index in [1.54, 1.807) is 6.92 Å². The highest BCUT2D eigenvalue weighted by Gasteiger charge is 2.53. The van der Waals surface area contributed by atoms with E-state index in [-0.39, 0.29) is 19.0 Å². The molecule has 0 radical (unpaired) electrons. The fourth-order valence-corrected chi connectivity index (χ4v) is 5.96. The molecule has 4 fully saturated rings. The predicted molar refractivity (Wildman–Crippen MR) is 145 cm³/mol. The van der Waals surface area contributed by atoms with Gasteiger partial charge in [0.2, 0.25) is 0 Å². The number of rotatable bonds is 10. The van der Waals surface area contributed by atoms with Gasteiger partial charge in [0.15, 0.2) is 18.9 Å². The average Bonchev–Trinajstić information content (AvgIpc) is 3.27. The summed E-state index contributed by atoms with van der Waals surface area (Å²) in [5, 5.41) is 56.5. The van der Waals surface area contributed by atoms with E-state index >= 15 is 0 Å². The summed E-state index contributed by atoms with van der Waals surface area (Å²) in [7, 11) is 0. The van der Waals surface area contributed by atoms with Crippen molar-refractivity contribution in [3.8, 4) is 0 Å². The first-order valence-electron chi connectivity index (χ1n) is 14.4. The number of hydrogen-bond acceptors (Lipinski definition) is 17. The normalized spacial score (nSPS) is 49.8. The van der Waals surface area contributed by atoms with Crippen molar-refractivity contribution in [2.75, 3.05) is 13.2 Å². The van der Waals surface area contributed by atoms with Gasteiger partial charge in [0.05, 0.1) is 30.9 Å². The van der Waals surface area contributed by atoms with Crippen molar-refractivity contribution in [3.05, 3.63) is 10.4 Å². The molecule has 0 aromatic carbocycles. The summed E-state index contributed by atoms with van der Waals surface area (Å²) < 4.78 is 35.4. The lowest BCUT2D eigenvalue weighted by Gasteiger charge is -2.46. The SMILES string of the molecule is C[C@@H](N)[C@@H]1CC[C@@H](N=[N+]=[N-])[C@@H](O[C@H]2[C@H](O[C@@H]3O[C@H](CO)[C@@H](O[C@H]4O[C@@H](CN)[C@@H](O)[C@H](O)[C@H]4N)[C@H]3O)[C@@H](O)[C@H](N)C[C@@H]2N)O1. The van der Waals surface area contributed by atoms with Crippen LogP contribution < -0.4 is 28.7 Å². The van der Waals surface area contributed by atoms with Crippen molar-refractivity contribution in [2.24, 2.45) is 33.8 Å². The zero-order valence-electron chi connectivity index (χ0n) is 23.8. The molecule has 43 heavy (non-hydrogen) atoms. The molecule has 248 valence electrons. The van der Waals surface area contributed by atoms with Crippen LogP contribution in [0.2, 0.25) is 0 Å². The third-order valence-corrected chi connectivity index (χ3v) is 8.55. The number of ether oxygens (including phenoxy) is 6. The molecule has 19 heteroatoms. The van der Waals surface area contributed by atoms with E-state index in [0.717, 1.165) is 0 Å². The minimum Gasteiger partial charge on any atom is -0.394 e. The smallest absolute Gasteiger partial charge is 0.187 e. The Hall–Kier alpha value is -1.33. The number of aliphatic hydroxyl groups excluding tert-OH is 5. The summed E-state index contributed by atoms with van der Waals surface area (Å²) in [5.41, 5.74) is 39.3. The van der Waals surface area contributed by atoms with E-state index in [1.165, 1.54) is 0 Å². The third-order valence-electron chi connectivity index (χ3n) is 8.55. The summed E-state index contributed by atoms with van der Waals surface area (Å²) in [5.74, 6) is 0. The molecule has 1 saturated carbocycles. The van der Waals surface area contributed by atoms with Crippen molar-refractivity contribution in [1.29, 1.82) is 0 Å². The molecule has 18 atom stereocenters. The van der Waals surface area contributed by atoms with Gasteiger partial charge >= 0.3 is 0 Å². The molecule has 15 N–H and O–H groups in total. The Labute approximate surface area is 248 Å². The molecule has 1 aliphatic carbocycles. The Morgan fingerprint density at radius 2 is 1.49 bits per heavy atom. The zero-order chi connectivity index (χ0) is 31.6. The van der Waals surface area contributed by atoms with Crippen molar-refractivity contribution >= 4 is 0 Å². The van der Waals surface area contributed by atoms with Gasteiger partial charge in [-0.3, -0.25) is 0 Å². The second-order valence-corrected chi connectivity index (χ2v) is 11.7. The molecular weight excluding hydrogens is 576 g/mol. The largest absolute Gasteiger partial charge is 0.394 e. The molecular formula is C24H46N8O11. The van der Waals surface area contributed by atoms with Crippen LogP contribution in [0.1, 0.15) is 26.2 Å². The first-order chi connectivity index (χ1) is 20.4. The summed E-state index contributed by atoms with van der Waals surface area (Å²) in [6, 6.07) is -3.88. The fraction of sp³-hybridized carbons (Fsp3) is 1.00. The van der Waals surface area contributed by atoms with Crippen LogP contribution in [-0.2, 0) is 28.4 Å². The number of aliphatic hydroxyl groups is 5. The lowest BCUT2D eigenvalue weighted by Crippen LogP contribution is -2.65. The lowest BCUT2D eigenvalue weighted by molar-refractivity contribution is -0.290. The van der Waals surface area contributed by atoms with Crippen LogP contribution in [0.5, 0.6) is 0 Å². The quantitative estimate of drug-likeness (QED) is 0.0618. The highest BCUT2D eigenvalue weighted by atomic mass is 16.8. The van der Waals surface area contributed by atoms with Gasteiger partial charge in [-0.15, -0.1) is 0 Å². The molecule has 0 bridgehead atoms. The topological polar surface area (TPSA) is 335 Å². The van der Waals surface area contributed by atoms with Crippen LogP contribution in [-0.4, -0.2) is 149 Å². The maximum absolute atomic E-state index is 11.2. The molecule has 4 aliphatic rings. The van der Waals surface area contributed by atoms with E-state index in [4.69, 9.17) is 62.6 Å². The van der Waals surface area contributed by atoms with Gasteiger partial charge in [-0.05, 0) is 31.7 Å². The zero-order valence-corrected chi connectivity index (χ0v) is 23.8. The van der Waals surface area contributed by atoms with Gasteiger partial charge in [-0.25, -0.2) is 0 Å². The summed E-state index contributed by atoms with van der Waals surface area (Å²) >= 11 is 0. The van der Waals surface area contributed by atoms with Crippen LogP contribution in [0.4, 0.5) is 0 Å². The van der Waals surface area contributed by atoms with E-state index in [1.807, 2.05) is 0 Å². The standard InChI is InChI=1S/C24H46N8O11/c1-7(26)11-3-2-10(31-32-30)22(38-11)41-19-9(28)4-8(27)15(34)21(19)43-24-18(37)20(13(6-33)40-24)42-23-14(29)17(36)16(35)12(5-25)39-23/h7-24,33-37H,2-6,25-29H2,1H3/t7-,8-,9+,10-,11+,12+,13-,14-,15+,16-,17-,18-,19-,20-,21-,22-,23-,24+/m1/s1. The molecule has 0 aromatic rings. The van der Waals surface area contributed by atoms with Crippen LogP contribution in [0.15, 0.2) is 5.11 Å².